The zero-order valence-corrected chi connectivity index (χ0v) is 17.6. The van der Waals surface area contributed by atoms with E-state index >= 15 is 0 Å². The number of nitrogens with zero attached hydrogens (tertiary/aromatic N) is 2. The molecule has 31 heavy (non-hydrogen) atoms. The highest BCUT2D eigenvalue weighted by atomic mass is 16.5. The van der Waals surface area contributed by atoms with Gasteiger partial charge in [0.2, 0.25) is 0 Å². The fourth-order valence-corrected chi connectivity index (χ4v) is 3.53. The molecule has 1 aliphatic heterocycles. The number of fused-ring (bicyclic) bond motifs is 1. The summed E-state index contributed by atoms with van der Waals surface area (Å²) in [6.07, 6.45) is 7.28. The van der Waals surface area contributed by atoms with Crippen molar-refractivity contribution in [2.45, 2.75) is 25.5 Å². The van der Waals surface area contributed by atoms with Crippen molar-refractivity contribution >= 4 is 5.91 Å². The van der Waals surface area contributed by atoms with Gasteiger partial charge < -0.3 is 19.5 Å². The molecule has 0 spiro atoms. The Morgan fingerprint density at radius 1 is 1.19 bits per heavy atom. The number of nitrogens with one attached hydrogen (secondary N) is 1. The van der Waals surface area contributed by atoms with Gasteiger partial charge in [-0.25, -0.2) is 0 Å². The summed E-state index contributed by atoms with van der Waals surface area (Å²) < 4.78 is 17.4. The van der Waals surface area contributed by atoms with Crippen LogP contribution in [0.2, 0.25) is 0 Å². The Kier molecular flexibility index (Phi) is 6.43. The molecular formula is C24H25N3O4. The molecular weight excluding hydrogens is 394 g/mol. The summed E-state index contributed by atoms with van der Waals surface area (Å²) in [5, 5.41) is 3.06. The van der Waals surface area contributed by atoms with Crippen molar-refractivity contribution in [3.8, 4) is 22.6 Å². The average molecular weight is 419 g/mol. The number of carbonyl (C=O) groups is 1. The molecule has 0 radical (unpaired) electrons. The van der Waals surface area contributed by atoms with Crippen LogP contribution in [-0.4, -0.2) is 48.3 Å². The molecule has 1 aromatic carbocycles. The summed E-state index contributed by atoms with van der Waals surface area (Å²) in [6, 6.07) is 11.0. The molecule has 0 unspecified atom stereocenters. The van der Waals surface area contributed by atoms with E-state index in [0.717, 1.165) is 28.2 Å². The van der Waals surface area contributed by atoms with E-state index in [1.807, 2.05) is 31.2 Å². The Labute approximate surface area is 181 Å². The molecule has 160 valence electrons. The van der Waals surface area contributed by atoms with Crippen LogP contribution in [0.3, 0.4) is 0 Å². The molecule has 4 rings (SSSR count). The molecule has 1 aliphatic rings. The van der Waals surface area contributed by atoms with Gasteiger partial charge in [0, 0.05) is 49.4 Å². The van der Waals surface area contributed by atoms with Gasteiger partial charge in [-0.05, 0) is 48.9 Å². The van der Waals surface area contributed by atoms with Crippen LogP contribution in [-0.2, 0) is 11.2 Å². The molecule has 3 aromatic rings. The van der Waals surface area contributed by atoms with Crippen molar-refractivity contribution in [2.75, 3.05) is 20.3 Å². The maximum absolute atomic E-state index is 12.6. The molecule has 2 aromatic heterocycles. The number of carbonyl (C=O) groups excluding carboxylic acids is 1. The maximum atomic E-state index is 12.6. The third-order valence-electron chi connectivity index (χ3n) is 5.23. The summed E-state index contributed by atoms with van der Waals surface area (Å²) in [5.74, 6) is 1.37. The number of hydrogen-bond acceptors (Lipinski definition) is 6. The van der Waals surface area contributed by atoms with E-state index in [-0.39, 0.29) is 18.1 Å². The molecule has 1 amide bonds. The number of hydrogen-bond donors (Lipinski definition) is 1. The van der Waals surface area contributed by atoms with Gasteiger partial charge in [-0.15, -0.1) is 0 Å². The molecule has 3 heterocycles. The van der Waals surface area contributed by atoms with Gasteiger partial charge in [0.25, 0.3) is 5.91 Å². The molecule has 0 fully saturated rings. The second-order valence-corrected chi connectivity index (χ2v) is 7.44. The van der Waals surface area contributed by atoms with E-state index in [0.29, 0.717) is 25.2 Å². The van der Waals surface area contributed by atoms with Crippen LogP contribution in [0.4, 0.5) is 0 Å². The van der Waals surface area contributed by atoms with Crippen molar-refractivity contribution in [1.29, 1.82) is 0 Å². The van der Waals surface area contributed by atoms with Crippen molar-refractivity contribution in [1.82, 2.24) is 15.3 Å². The highest BCUT2D eigenvalue weighted by Gasteiger charge is 2.27. The number of methoxy groups -OCH3 is 1. The van der Waals surface area contributed by atoms with Crippen molar-refractivity contribution in [3.05, 3.63) is 72.3 Å². The molecule has 0 saturated carbocycles. The summed E-state index contributed by atoms with van der Waals surface area (Å²) in [7, 11) is 1.66. The highest BCUT2D eigenvalue weighted by Crippen LogP contribution is 2.41. The Morgan fingerprint density at radius 3 is 2.77 bits per heavy atom. The monoisotopic (exact) mass is 419 g/mol. The number of amides is 1. The van der Waals surface area contributed by atoms with Gasteiger partial charge in [-0.3, -0.25) is 14.8 Å². The first-order valence-corrected chi connectivity index (χ1v) is 10.2. The second kappa shape index (κ2) is 9.57. The van der Waals surface area contributed by atoms with E-state index in [9.17, 15) is 4.79 Å². The van der Waals surface area contributed by atoms with E-state index < -0.39 is 0 Å². The zero-order chi connectivity index (χ0) is 21.6. The average Bonchev–Trinajstić information content (AvgIpc) is 2.83. The minimum absolute atomic E-state index is 0.0379. The largest absolute Gasteiger partial charge is 0.491 e. The lowest BCUT2D eigenvalue weighted by Crippen LogP contribution is -2.43. The Balaban J connectivity index is 1.63. The van der Waals surface area contributed by atoms with Gasteiger partial charge in [0.15, 0.2) is 0 Å². The van der Waals surface area contributed by atoms with E-state index in [4.69, 9.17) is 14.2 Å². The molecule has 7 nitrogen and oxygen atoms in total. The molecule has 2 atom stereocenters. The topological polar surface area (TPSA) is 82.6 Å². The SMILES string of the molecule is CO[C@H](C)COc1ccc2c(c1-c1ccncc1)C[C@H](NC(=O)c1cccnc1)CO2. The van der Waals surface area contributed by atoms with Crippen LogP contribution in [0.1, 0.15) is 22.8 Å². The Bertz CT molecular complexity index is 1030. The Morgan fingerprint density at radius 2 is 2.03 bits per heavy atom. The first-order chi connectivity index (χ1) is 15.2. The predicted octanol–water partition coefficient (Wildman–Crippen LogP) is 3.29. The first-order valence-electron chi connectivity index (χ1n) is 10.2. The van der Waals surface area contributed by atoms with Gasteiger partial charge in [0.05, 0.1) is 17.7 Å². The third kappa shape index (κ3) is 4.83. The number of aromatic nitrogens is 2. The van der Waals surface area contributed by atoms with Crippen LogP contribution < -0.4 is 14.8 Å². The smallest absolute Gasteiger partial charge is 0.253 e. The van der Waals surface area contributed by atoms with Gasteiger partial charge in [0.1, 0.15) is 24.7 Å². The van der Waals surface area contributed by atoms with E-state index in [2.05, 4.69) is 15.3 Å². The van der Waals surface area contributed by atoms with Gasteiger partial charge in [-0.1, -0.05) is 0 Å². The number of rotatable bonds is 7. The highest BCUT2D eigenvalue weighted by molar-refractivity contribution is 5.94. The maximum Gasteiger partial charge on any atom is 0.253 e. The van der Waals surface area contributed by atoms with Crippen molar-refractivity contribution in [3.63, 3.8) is 0 Å². The normalized spacial score (nSPS) is 16.0. The summed E-state index contributed by atoms with van der Waals surface area (Å²) in [6.45, 7) is 2.78. The number of ether oxygens (including phenoxy) is 3. The lowest BCUT2D eigenvalue weighted by atomic mass is 9.92. The molecule has 7 heteroatoms. The lowest BCUT2D eigenvalue weighted by Gasteiger charge is -2.29. The fraction of sp³-hybridized carbons (Fsp3) is 0.292. The zero-order valence-electron chi connectivity index (χ0n) is 17.6. The van der Waals surface area contributed by atoms with Crippen LogP contribution in [0.15, 0.2) is 61.2 Å². The molecule has 0 aliphatic carbocycles. The lowest BCUT2D eigenvalue weighted by molar-refractivity contribution is 0.0717. The third-order valence-corrected chi connectivity index (χ3v) is 5.23. The molecule has 1 N–H and O–H groups in total. The van der Waals surface area contributed by atoms with E-state index in [1.165, 1.54) is 0 Å². The minimum atomic E-state index is -0.172. The van der Waals surface area contributed by atoms with Crippen LogP contribution in [0.25, 0.3) is 11.1 Å². The van der Waals surface area contributed by atoms with Crippen LogP contribution in [0, 0.1) is 0 Å². The Hall–Kier alpha value is -3.45. The van der Waals surface area contributed by atoms with Crippen LogP contribution >= 0.6 is 0 Å². The summed E-state index contributed by atoms with van der Waals surface area (Å²) in [5.41, 5.74) is 3.45. The van der Waals surface area contributed by atoms with Gasteiger partial charge >= 0.3 is 0 Å². The summed E-state index contributed by atoms with van der Waals surface area (Å²) >= 11 is 0. The predicted molar refractivity (Wildman–Crippen MR) is 116 cm³/mol. The quantitative estimate of drug-likeness (QED) is 0.633. The van der Waals surface area contributed by atoms with Crippen LogP contribution in [0.5, 0.6) is 11.5 Å². The minimum Gasteiger partial charge on any atom is -0.491 e. The van der Waals surface area contributed by atoms with E-state index in [1.54, 1.807) is 44.0 Å². The number of pyridine rings is 2. The van der Waals surface area contributed by atoms with Crippen molar-refractivity contribution in [2.24, 2.45) is 0 Å². The summed E-state index contributed by atoms with van der Waals surface area (Å²) in [4.78, 5) is 20.8. The first kappa shape index (κ1) is 20.8. The second-order valence-electron chi connectivity index (χ2n) is 7.44. The molecule has 0 bridgehead atoms. The standard InChI is InChI=1S/C24H25N3O4/c1-16(29-2)14-30-22-6-5-21-20(23(22)17-7-10-25-11-8-17)12-19(15-31-21)27-24(28)18-4-3-9-26-13-18/h3-11,13,16,19H,12,14-15H2,1-2H3,(H,27,28)/t16-,19+/m1/s1. The van der Waals surface area contributed by atoms with Crippen molar-refractivity contribution < 1.29 is 19.0 Å². The van der Waals surface area contributed by atoms with Gasteiger partial charge in [-0.2, -0.15) is 0 Å². The fourth-order valence-electron chi connectivity index (χ4n) is 3.53. The molecule has 0 saturated heterocycles. The number of benzene rings is 1.